The number of halogens is 1. The number of amides is 2. The fraction of sp³-hybridized carbons (Fsp3) is 0.0441. The number of carbonyl (C=O) groups is 2. The number of carbonyl (C=O) groups excluding carboxylic acids is 2. The van der Waals surface area contributed by atoms with Crippen molar-refractivity contribution in [1.29, 1.82) is 0 Å². The van der Waals surface area contributed by atoms with E-state index in [9.17, 15) is 58.5 Å². The fourth-order valence-electron chi connectivity index (χ4n) is 9.74. The second-order valence-corrected chi connectivity index (χ2v) is 26.2. The second-order valence-electron chi connectivity index (χ2n) is 21.0. The zero-order valence-electron chi connectivity index (χ0n) is 51.0. The highest BCUT2D eigenvalue weighted by atomic mass is 32.2. The number of allylic oxidation sites excluding steroid dienone is 3. The molecule has 1 aliphatic carbocycles. The number of thiocarbonyl (C=S) groups is 2. The molecule has 100 heavy (non-hydrogen) atoms. The molecule has 7 aromatic heterocycles. The molecule has 4 aromatic carbocycles. The van der Waals surface area contributed by atoms with Gasteiger partial charge in [0, 0.05) is 54.0 Å². The lowest BCUT2D eigenvalue weighted by Crippen LogP contribution is -2.31. The summed E-state index contributed by atoms with van der Waals surface area (Å²) in [5.74, 6) is 1.30. The number of para-hydroxylation sites is 3. The molecule has 2 amide bonds. The van der Waals surface area contributed by atoms with Crippen LogP contribution in [0.4, 0.5) is 21.5 Å². The Labute approximate surface area is 589 Å². The molecule has 25 nitrogen and oxygen atoms in total. The number of rotatable bonds is 12. The molecule has 0 atom stereocenters. The Balaban J connectivity index is 0.000000127. The molecule has 11 aromatic rings. The summed E-state index contributed by atoms with van der Waals surface area (Å²) in [7, 11) is 0. The fourth-order valence-corrected chi connectivity index (χ4v) is 12.9. The van der Waals surface area contributed by atoms with E-state index in [4.69, 9.17) is 49.9 Å². The van der Waals surface area contributed by atoms with Gasteiger partial charge in [-0.1, -0.05) is 127 Å². The van der Waals surface area contributed by atoms with E-state index in [2.05, 4.69) is 48.8 Å². The number of furan rings is 3. The largest absolute Gasteiger partial charge is 0.494 e. The van der Waals surface area contributed by atoms with Crippen LogP contribution in [-0.4, -0.2) is 70.7 Å². The molecule has 4 aliphatic rings. The SMILES string of the molecule is O=C1NC(=S)S/C1=C\C1=Cc2ccccc2C1.O=C1NC(=S)S/C1=C\c1ccc(-c2ccccn2)o1.O=c1[nH]c(=O)n(Cc2ccc(-c3ccccc3[N+](=O)[O-])o2)cc1F.O=c1ccn(Cc2ccc(-c3ccccc3[N+](=O)[O-])o2)c(=O)[nH]1.Oc1[nH]c(=S)sc1C=C1C=Nc2ccccc21. The third-order valence-electron chi connectivity index (χ3n) is 14.3. The molecule has 0 unspecified atom stereocenters. The van der Waals surface area contributed by atoms with Crippen LogP contribution in [0, 0.1) is 30.0 Å². The van der Waals surface area contributed by atoms with E-state index in [-0.39, 0.29) is 59.2 Å². The number of nitro groups is 2. The molecule has 2 saturated heterocycles. The van der Waals surface area contributed by atoms with Crippen LogP contribution in [0.5, 0.6) is 5.88 Å². The summed E-state index contributed by atoms with van der Waals surface area (Å²) in [5, 5.41) is 36.9. The number of fused-ring (bicyclic) bond motifs is 2. The lowest BCUT2D eigenvalue weighted by atomic mass is 10.1. The van der Waals surface area contributed by atoms with Crippen LogP contribution in [0.15, 0.2) is 235 Å². The third-order valence-corrected chi connectivity index (χ3v) is 17.8. The van der Waals surface area contributed by atoms with E-state index in [0.717, 1.165) is 50.2 Å². The monoisotopic (exact) mass is 1450 g/mol. The van der Waals surface area contributed by atoms with Gasteiger partial charge >= 0.3 is 11.4 Å². The minimum atomic E-state index is -1.10. The highest BCUT2D eigenvalue weighted by Gasteiger charge is 2.25. The van der Waals surface area contributed by atoms with Crippen LogP contribution in [0.25, 0.3) is 57.9 Å². The number of aromatic nitrogens is 6. The Morgan fingerprint density at radius 3 is 1.79 bits per heavy atom. The molecule has 3 aliphatic heterocycles. The van der Waals surface area contributed by atoms with Gasteiger partial charge < -0.3 is 34.0 Å². The lowest BCUT2D eigenvalue weighted by Gasteiger charge is -2.02. The molecule has 15 rings (SSSR count). The number of aromatic amines is 3. The van der Waals surface area contributed by atoms with Crippen molar-refractivity contribution in [1.82, 2.24) is 39.7 Å². The van der Waals surface area contributed by atoms with Crippen molar-refractivity contribution in [3.63, 3.8) is 0 Å². The van der Waals surface area contributed by atoms with Crippen molar-refractivity contribution in [2.45, 2.75) is 19.5 Å². The molecule has 2 fully saturated rings. The van der Waals surface area contributed by atoms with Gasteiger partial charge in [0.15, 0.2) is 9.71 Å². The van der Waals surface area contributed by atoms with Crippen molar-refractivity contribution in [3.05, 3.63) is 308 Å². The van der Waals surface area contributed by atoms with Crippen molar-refractivity contribution in [2.24, 2.45) is 4.99 Å². The van der Waals surface area contributed by atoms with Gasteiger partial charge in [-0.15, -0.1) is 11.3 Å². The van der Waals surface area contributed by atoms with E-state index in [0.29, 0.717) is 51.0 Å². The van der Waals surface area contributed by atoms with Crippen LogP contribution < -0.4 is 33.1 Å². The van der Waals surface area contributed by atoms with Crippen LogP contribution in [0.3, 0.4) is 0 Å². The number of nitro benzene ring substituents is 2. The average Bonchev–Trinajstić information content (AvgIpc) is 1.64. The number of thiazole rings is 1. The molecule has 10 heterocycles. The summed E-state index contributed by atoms with van der Waals surface area (Å²) in [4.78, 5) is 107. The first kappa shape index (κ1) is 69.4. The summed E-state index contributed by atoms with van der Waals surface area (Å²) >= 11 is 18.8. The molecule has 32 heteroatoms. The van der Waals surface area contributed by atoms with Crippen molar-refractivity contribution < 1.29 is 42.2 Å². The molecule has 0 saturated carbocycles. The smallest absolute Gasteiger partial charge is 0.328 e. The Kier molecular flexibility index (Phi) is 21.9. The van der Waals surface area contributed by atoms with Gasteiger partial charge in [0.25, 0.3) is 34.3 Å². The zero-order valence-corrected chi connectivity index (χ0v) is 55.9. The molecular weight excluding hydrogens is 1410 g/mol. The number of benzene rings is 4. The number of thioether (sulfide) groups is 2. The zero-order chi connectivity index (χ0) is 70.6. The number of aromatic hydroxyl groups is 1. The van der Waals surface area contributed by atoms with E-state index < -0.39 is 38.2 Å². The van der Waals surface area contributed by atoms with Crippen molar-refractivity contribution in [3.8, 4) is 40.0 Å². The third kappa shape index (κ3) is 17.4. The highest BCUT2D eigenvalue weighted by molar-refractivity contribution is 8.27. The first-order valence-electron chi connectivity index (χ1n) is 29.2. The van der Waals surface area contributed by atoms with E-state index in [1.807, 2.05) is 77.8 Å². The van der Waals surface area contributed by atoms with Gasteiger partial charge in [0.2, 0.25) is 11.7 Å². The minimum Gasteiger partial charge on any atom is -0.494 e. The quantitative estimate of drug-likeness (QED) is 0.0286. The van der Waals surface area contributed by atoms with Gasteiger partial charge in [-0.25, -0.2) is 9.59 Å². The Morgan fingerprint density at radius 1 is 0.620 bits per heavy atom. The summed E-state index contributed by atoms with van der Waals surface area (Å²) < 4.78 is 33.8. The number of H-pyrrole nitrogens is 3. The number of aliphatic imine (C=N–C) groups is 1. The summed E-state index contributed by atoms with van der Waals surface area (Å²) in [5.41, 5.74) is 5.03. The Hall–Kier alpha value is -11.9. The first-order valence-corrected chi connectivity index (χ1v) is 32.9. The number of hydrogen-bond donors (Lipinski definition) is 6. The number of hydrogen-bond acceptors (Lipinski definition) is 22. The summed E-state index contributed by atoms with van der Waals surface area (Å²) in [6.45, 7) is -0.0244. The maximum absolute atomic E-state index is 13.3. The lowest BCUT2D eigenvalue weighted by molar-refractivity contribution is -0.384. The van der Waals surface area contributed by atoms with Crippen LogP contribution in [-0.2, 0) is 29.1 Å². The molecule has 0 spiro atoms. The van der Waals surface area contributed by atoms with Gasteiger partial charge in [0.1, 0.15) is 43.1 Å². The van der Waals surface area contributed by atoms with Gasteiger partial charge in [-0.2, -0.15) is 4.39 Å². The Bertz CT molecular complexity index is 5540. The van der Waals surface area contributed by atoms with Gasteiger partial charge in [-0.3, -0.25) is 68.5 Å². The molecular formula is C68H46FN11O14S6. The Morgan fingerprint density at radius 2 is 1.20 bits per heavy atom. The van der Waals surface area contributed by atoms with E-state index in [1.165, 1.54) is 99.2 Å². The van der Waals surface area contributed by atoms with Crippen LogP contribution in [0.2, 0.25) is 0 Å². The normalized spacial score (nSPS) is 14.3. The maximum atomic E-state index is 13.3. The highest BCUT2D eigenvalue weighted by Crippen LogP contribution is 2.37. The maximum Gasteiger partial charge on any atom is 0.328 e. The second kappa shape index (κ2) is 31.5. The average molecular weight is 1450 g/mol. The molecule has 6 N–H and O–H groups in total. The molecule has 500 valence electrons. The first-order chi connectivity index (χ1) is 48.2. The molecule has 0 radical (unpaired) electrons. The van der Waals surface area contributed by atoms with Crippen molar-refractivity contribution >= 4 is 139 Å². The topological polar surface area (TPSA) is 355 Å². The van der Waals surface area contributed by atoms with Gasteiger partial charge in [0.05, 0.1) is 60.6 Å². The van der Waals surface area contributed by atoms with Crippen molar-refractivity contribution in [2.75, 3.05) is 0 Å². The number of nitrogens with zero attached hydrogens (tertiary/aromatic N) is 6. The van der Waals surface area contributed by atoms with Crippen LogP contribution >= 0.6 is 71.5 Å². The van der Waals surface area contributed by atoms with E-state index >= 15 is 0 Å². The molecule has 0 bridgehead atoms. The van der Waals surface area contributed by atoms with E-state index in [1.54, 1.807) is 61.0 Å². The summed E-state index contributed by atoms with van der Waals surface area (Å²) in [6, 6.07) is 45.2. The van der Waals surface area contributed by atoms with Gasteiger partial charge in [-0.05, 0) is 114 Å². The van der Waals surface area contributed by atoms with Crippen LogP contribution in [0.1, 0.15) is 38.8 Å². The summed E-state index contributed by atoms with van der Waals surface area (Å²) in [6.07, 6.45) is 14.1. The minimum absolute atomic E-state index is 0.0605. The number of nitrogens with one attached hydrogen (secondary N) is 5. The standard InChI is InChI=1S/C15H10FN3O5.C15H11N3O5.C13H8N2O2S2.C13H9NOS2.C12H8N2OS2/c16-11-8-18(15(21)17-14(11)20)7-9-5-6-13(24-9)10-3-1-2-4-12(10)19(22)23;19-14-7-8-17(15(20)16-14)9-10-5-6-13(23-10)11-3-1-2-4-12(11)18(21)22;16-12-11(19-13(18)15-12)7-8-4-5-10(17-8)9-3-1-2-6-14-9;15-12-11(17-13(16)14-12)7-8-5-9-3-1-2-4-10(9)6-8;15-11-10(17-12(16)14-11)5-7-6-13-9-4-2-1-3-8(7)9/h1-6,8H,7H2,(H,17,20,21);1-8H,9H2,(H,16,19,20);1-7H,(H,15,16,18);1-5,7H,6H2,(H,14,15,16);1-6,15H,(H,14,16)/b;;2*11-7-;. The predicted octanol–water partition coefficient (Wildman–Crippen LogP) is 12.9. The predicted molar refractivity (Wildman–Crippen MR) is 389 cm³/mol. The number of pyridine rings is 1.